The minimum atomic E-state index is -3.20. The van der Waals surface area contributed by atoms with Crippen LogP contribution >= 0.6 is 0 Å². The summed E-state index contributed by atoms with van der Waals surface area (Å²) in [5.41, 5.74) is 0.956. The summed E-state index contributed by atoms with van der Waals surface area (Å²) in [5, 5.41) is 0. The maximum atomic E-state index is 11.7. The van der Waals surface area contributed by atoms with Crippen LogP contribution in [0.1, 0.15) is 16.8 Å². The normalized spacial score (nSPS) is 18.1. The van der Waals surface area contributed by atoms with Gasteiger partial charge in [-0.1, -0.05) is 0 Å². The molecule has 1 fully saturated rings. The van der Waals surface area contributed by atoms with E-state index in [0.717, 1.165) is 0 Å². The van der Waals surface area contributed by atoms with E-state index in [1.165, 1.54) is 11.4 Å². The number of sulfonamides is 1. The Morgan fingerprint density at radius 3 is 2.71 bits per heavy atom. The topological polar surface area (TPSA) is 63.7 Å². The number of rotatable bonds is 3. The molecular weight excluding hydrogens is 242 g/mol. The number of hydrogen-bond donors (Lipinski definition) is 0. The van der Waals surface area contributed by atoms with E-state index in [2.05, 4.69) is 0 Å². The van der Waals surface area contributed by atoms with Gasteiger partial charge in [-0.05, 0) is 18.6 Å². The van der Waals surface area contributed by atoms with Crippen LogP contribution in [-0.2, 0) is 10.0 Å². The molecule has 5 nitrogen and oxygen atoms in total. The Morgan fingerprint density at radius 1 is 1.41 bits per heavy atom. The van der Waals surface area contributed by atoms with Crippen molar-refractivity contribution < 1.29 is 17.9 Å². The molecule has 2 rings (SSSR count). The van der Waals surface area contributed by atoms with Crippen molar-refractivity contribution in [3.63, 3.8) is 0 Å². The molecule has 0 saturated carbocycles. The lowest BCUT2D eigenvalue weighted by Crippen LogP contribution is -2.25. The van der Waals surface area contributed by atoms with Crippen molar-refractivity contribution in [1.29, 1.82) is 0 Å². The fourth-order valence-electron chi connectivity index (χ4n) is 1.88. The first-order valence-electron chi connectivity index (χ1n) is 5.22. The fraction of sp³-hybridized carbons (Fsp3) is 0.364. The molecule has 6 heteroatoms. The molecule has 1 aromatic carbocycles. The van der Waals surface area contributed by atoms with Gasteiger partial charge in [0.05, 0.1) is 24.1 Å². The minimum absolute atomic E-state index is 0.171. The van der Waals surface area contributed by atoms with E-state index in [-0.39, 0.29) is 5.75 Å². The van der Waals surface area contributed by atoms with Crippen LogP contribution in [-0.4, -0.2) is 34.1 Å². The summed E-state index contributed by atoms with van der Waals surface area (Å²) in [5.74, 6) is 0.560. The molecule has 1 heterocycles. The largest absolute Gasteiger partial charge is 0.496 e. The number of carbonyl (C=O) groups excluding carboxylic acids is 1. The van der Waals surface area contributed by atoms with Crippen molar-refractivity contribution in [2.75, 3.05) is 23.7 Å². The van der Waals surface area contributed by atoms with Crippen LogP contribution in [0.2, 0.25) is 0 Å². The van der Waals surface area contributed by atoms with Crippen molar-refractivity contribution in [3.05, 3.63) is 23.8 Å². The van der Waals surface area contributed by atoms with Gasteiger partial charge in [-0.15, -0.1) is 0 Å². The van der Waals surface area contributed by atoms with E-state index >= 15 is 0 Å². The van der Waals surface area contributed by atoms with E-state index in [1.54, 1.807) is 18.2 Å². The molecule has 0 spiro atoms. The molecule has 1 saturated heterocycles. The first kappa shape index (κ1) is 11.9. The highest BCUT2D eigenvalue weighted by molar-refractivity contribution is 7.93. The molecule has 17 heavy (non-hydrogen) atoms. The Bertz CT molecular complexity index is 538. The number of benzene rings is 1. The lowest BCUT2D eigenvalue weighted by atomic mass is 10.2. The van der Waals surface area contributed by atoms with Gasteiger partial charge >= 0.3 is 0 Å². The molecule has 0 unspecified atom stereocenters. The van der Waals surface area contributed by atoms with Crippen LogP contribution in [0, 0.1) is 0 Å². The zero-order valence-corrected chi connectivity index (χ0v) is 10.2. The molecule has 1 aliphatic heterocycles. The summed E-state index contributed by atoms with van der Waals surface area (Å²) in [6.07, 6.45) is 1.31. The van der Waals surface area contributed by atoms with Gasteiger partial charge in [-0.2, -0.15) is 0 Å². The number of anilines is 1. The Morgan fingerprint density at radius 2 is 2.18 bits per heavy atom. The van der Waals surface area contributed by atoms with Gasteiger partial charge in [0.2, 0.25) is 10.0 Å². The summed E-state index contributed by atoms with van der Waals surface area (Å²) in [4.78, 5) is 10.7. The fourth-order valence-corrected chi connectivity index (χ4v) is 3.44. The number of hydrogen-bond acceptors (Lipinski definition) is 4. The number of nitrogens with zero attached hydrogens (tertiary/aromatic N) is 1. The van der Waals surface area contributed by atoms with Crippen LogP contribution in [0.3, 0.4) is 0 Å². The highest BCUT2D eigenvalue weighted by Gasteiger charge is 2.28. The predicted octanol–water partition coefficient (Wildman–Crippen LogP) is 1.05. The molecule has 0 atom stereocenters. The van der Waals surface area contributed by atoms with E-state index in [4.69, 9.17) is 4.74 Å². The van der Waals surface area contributed by atoms with Crippen molar-refractivity contribution in [1.82, 2.24) is 0 Å². The molecular formula is C11H13NO4S. The minimum Gasteiger partial charge on any atom is -0.496 e. The molecule has 0 radical (unpaired) electrons. The van der Waals surface area contributed by atoms with Crippen LogP contribution in [0.25, 0.3) is 0 Å². The summed E-state index contributed by atoms with van der Waals surface area (Å²) < 4.78 is 29.9. The van der Waals surface area contributed by atoms with Gasteiger partial charge in [0, 0.05) is 12.6 Å². The lowest BCUT2D eigenvalue weighted by molar-refractivity contribution is 0.112. The van der Waals surface area contributed by atoms with Crippen LogP contribution in [0.4, 0.5) is 5.69 Å². The Hall–Kier alpha value is -1.56. The van der Waals surface area contributed by atoms with Crippen molar-refractivity contribution in [2.24, 2.45) is 0 Å². The highest BCUT2D eigenvalue weighted by Crippen LogP contribution is 2.29. The molecule has 0 bridgehead atoms. The van der Waals surface area contributed by atoms with Crippen molar-refractivity contribution in [3.8, 4) is 5.75 Å². The standard InChI is InChI=1S/C11H13NO4S/c1-16-11-7-10(4-3-9(11)8-13)12-5-2-6-17(12,14)15/h3-4,7-8H,2,5-6H2,1H3. The SMILES string of the molecule is COc1cc(N2CCCS2(=O)=O)ccc1C=O. The van der Waals surface area contributed by atoms with E-state index in [0.29, 0.717) is 36.3 Å². The third-order valence-electron chi connectivity index (χ3n) is 2.73. The highest BCUT2D eigenvalue weighted by atomic mass is 32.2. The smallest absolute Gasteiger partial charge is 0.235 e. The average Bonchev–Trinajstić information content (AvgIpc) is 2.68. The summed E-state index contributed by atoms with van der Waals surface area (Å²) >= 11 is 0. The molecule has 1 aromatic rings. The van der Waals surface area contributed by atoms with E-state index in [1.807, 2.05) is 0 Å². The van der Waals surface area contributed by atoms with Gasteiger partial charge in [0.1, 0.15) is 5.75 Å². The van der Waals surface area contributed by atoms with Gasteiger partial charge in [0.15, 0.2) is 6.29 Å². The number of aldehydes is 1. The Balaban J connectivity index is 2.44. The van der Waals surface area contributed by atoms with Gasteiger partial charge in [-0.25, -0.2) is 8.42 Å². The summed E-state index contributed by atoms with van der Waals surface area (Å²) in [6.45, 7) is 0.478. The predicted molar refractivity (Wildman–Crippen MR) is 64.1 cm³/mol. The van der Waals surface area contributed by atoms with Crippen molar-refractivity contribution in [2.45, 2.75) is 6.42 Å². The van der Waals surface area contributed by atoms with E-state index in [9.17, 15) is 13.2 Å². The molecule has 0 aliphatic carbocycles. The van der Waals surface area contributed by atoms with Crippen molar-refractivity contribution >= 4 is 22.0 Å². The zero-order chi connectivity index (χ0) is 12.5. The quantitative estimate of drug-likeness (QED) is 0.757. The zero-order valence-electron chi connectivity index (χ0n) is 9.42. The Labute approximate surface area is 100 Å². The van der Waals surface area contributed by atoms with Gasteiger partial charge in [0.25, 0.3) is 0 Å². The maximum Gasteiger partial charge on any atom is 0.235 e. The number of ether oxygens (including phenoxy) is 1. The number of methoxy groups -OCH3 is 1. The molecule has 0 N–H and O–H groups in total. The number of carbonyl (C=O) groups is 1. The summed E-state index contributed by atoms with van der Waals surface area (Å²) in [7, 11) is -1.75. The van der Waals surface area contributed by atoms with Crippen LogP contribution in [0.5, 0.6) is 5.75 Å². The molecule has 0 aromatic heterocycles. The lowest BCUT2D eigenvalue weighted by Gasteiger charge is -2.17. The maximum absolute atomic E-state index is 11.7. The van der Waals surface area contributed by atoms with Crippen LogP contribution in [0.15, 0.2) is 18.2 Å². The second kappa shape index (κ2) is 4.37. The first-order valence-corrected chi connectivity index (χ1v) is 6.83. The monoisotopic (exact) mass is 255 g/mol. The van der Waals surface area contributed by atoms with Crippen LogP contribution < -0.4 is 9.04 Å². The molecule has 92 valence electrons. The van der Waals surface area contributed by atoms with E-state index < -0.39 is 10.0 Å². The second-order valence-corrected chi connectivity index (χ2v) is 5.80. The summed E-state index contributed by atoms with van der Waals surface area (Å²) in [6, 6.07) is 4.76. The average molecular weight is 255 g/mol. The first-order chi connectivity index (χ1) is 8.08. The molecule has 0 amide bonds. The van der Waals surface area contributed by atoms with Gasteiger partial charge < -0.3 is 4.74 Å². The molecule has 1 aliphatic rings. The van der Waals surface area contributed by atoms with Gasteiger partial charge in [-0.3, -0.25) is 9.10 Å². The third kappa shape index (κ3) is 2.12. The third-order valence-corrected chi connectivity index (χ3v) is 4.60. The Kier molecular flexibility index (Phi) is 3.06. The second-order valence-electron chi connectivity index (χ2n) is 3.79.